The summed E-state index contributed by atoms with van der Waals surface area (Å²) in [5, 5.41) is 0. The van der Waals surface area contributed by atoms with Gasteiger partial charge < -0.3 is 5.73 Å². The maximum Gasteiger partial charge on any atom is 0.123 e. The van der Waals surface area contributed by atoms with Gasteiger partial charge in [-0.25, -0.2) is 4.39 Å². The number of nitrogens with two attached hydrogens (primary N) is 1. The summed E-state index contributed by atoms with van der Waals surface area (Å²) in [6, 6.07) is 10.1. The Labute approximate surface area is 93.9 Å². The van der Waals surface area contributed by atoms with Gasteiger partial charge in [-0.15, -0.1) is 0 Å². The summed E-state index contributed by atoms with van der Waals surface area (Å²) in [5.74, 6) is -0.223. The van der Waals surface area contributed by atoms with Crippen molar-refractivity contribution in [1.29, 1.82) is 0 Å². The molecule has 1 aromatic heterocycles. The summed E-state index contributed by atoms with van der Waals surface area (Å²) in [6.07, 6.45) is 4.16. The molecule has 2 N–H and O–H groups in total. The molecule has 1 unspecified atom stereocenters. The van der Waals surface area contributed by atoms with Crippen LogP contribution in [0, 0.1) is 5.82 Å². The van der Waals surface area contributed by atoms with Crippen molar-refractivity contribution in [3.05, 3.63) is 65.7 Å². The second kappa shape index (κ2) is 4.86. The number of benzene rings is 1. The van der Waals surface area contributed by atoms with Crippen LogP contribution in [0.25, 0.3) is 0 Å². The average molecular weight is 216 g/mol. The topological polar surface area (TPSA) is 38.9 Å². The first-order valence-electron chi connectivity index (χ1n) is 5.15. The number of aromatic nitrogens is 1. The Balaban J connectivity index is 2.08. The standard InChI is InChI=1S/C13H13FN2/c14-12-5-3-10(4-6-12)8-13(15)11-2-1-7-16-9-11/h1-7,9,13H,8,15H2. The monoisotopic (exact) mass is 216 g/mol. The van der Waals surface area contributed by atoms with E-state index in [4.69, 9.17) is 5.73 Å². The zero-order chi connectivity index (χ0) is 11.4. The predicted octanol–water partition coefficient (Wildman–Crippen LogP) is 2.46. The van der Waals surface area contributed by atoms with Crippen molar-refractivity contribution >= 4 is 0 Å². The van der Waals surface area contributed by atoms with Crippen LogP contribution < -0.4 is 5.73 Å². The number of hydrogen-bond acceptors (Lipinski definition) is 2. The van der Waals surface area contributed by atoms with Crippen molar-refractivity contribution < 1.29 is 4.39 Å². The van der Waals surface area contributed by atoms with Crippen molar-refractivity contribution in [1.82, 2.24) is 4.98 Å². The largest absolute Gasteiger partial charge is 0.324 e. The van der Waals surface area contributed by atoms with Crippen LogP contribution in [0.15, 0.2) is 48.8 Å². The van der Waals surface area contributed by atoms with E-state index in [1.54, 1.807) is 24.5 Å². The molecular weight excluding hydrogens is 203 g/mol. The summed E-state index contributed by atoms with van der Waals surface area (Å²) in [6.45, 7) is 0. The van der Waals surface area contributed by atoms with Crippen molar-refractivity contribution in [2.45, 2.75) is 12.5 Å². The van der Waals surface area contributed by atoms with E-state index < -0.39 is 0 Å². The van der Waals surface area contributed by atoms with Crippen LogP contribution in [-0.2, 0) is 6.42 Å². The molecule has 3 heteroatoms. The normalized spacial score (nSPS) is 12.4. The first-order valence-corrected chi connectivity index (χ1v) is 5.15. The highest BCUT2D eigenvalue weighted by Gasteiger charge is 2.06. The van der Waals surface area contributed by atoms with Gasteiger partial charge in [-0.3, -0.25) is 4.98 Å². The lowest BCUT2D eigenvalue weighted by Gasteiger charge is -2.11. The summed E-state index contributed by atoms with van der Waals surface area (Å²) in [7, 11) is 0. The molecular formula is C13H13FN2. The van der Waals surface area contributed by atoms with Gasteiger partial charge in [-0.2, -0.15) is 0 Å². The fraction of sp³-hybridized carbons (Fsp3) is 0.154. The number of rotatable bonds is 3. The fourth-order valence-corrected chi connectivity index (χ4v) is 1.59. The molecule has 0 spiro atoms. The van der Waals surface area contributed by atoms with Crippen molar-refractivity contribution in [2.75, 3.05) is 0 Å². The number of pyridine rings is 1. The molecule has 2 aromatic rings. The molecule has 1 aromatic carbocycles. The van der Waals surface area contributed by atoms with E-state index in [0.717, 1.165) is 11.1 Å². The third-order valence-corrected chi connectivity index (χ3v) is 2.48. The molecule has 0 saturated heterocycles. The molecule has 1 heterocycles. The highest BCUT2D eigenvalue weighted by Crippen LogP contribution is 2.15. The minimum Gasteiger partial charge on any atom is -0.324 e. The lowest BCUT2D eigenvalue weighted by Crippen LogP contribution is -2.13. The molecule has 1 atom stereocenters. The molecule has 82 valence electrons. The second-order valence-electron chi connectivity index (χ2n) is 3.72. The Morgan fingerprint density at radius 1 is 1.19 bits per heavy atom. The van der Waals surface area contributed by atoms with Crippen LogP contribution >= 0.6 is 0 Å². The summed E-state index contributed by atoms with van der Waals surface area (Å²) < 4.78 is 12.7. The first-order chi connectivity index (χ1) is 7.75. The van der Waals surface area contributed by atoms with E-state index in [0.29, 0.717) is 6.42 Å². The Morgan fingerprint density at radius 3 is 2.56 bits per heavy atom. The van der Waals surface area contributed by atoms with Crippen LogP contribution in [0.4, 0.5) is 4.39 Å². The lowest BCUT2D eigenvalue weighted by atomic mass is 10.0. The van der Waals surface area contributed by atoms with E-state index in [-0.39, 0.29) is 11.9 Å². The molecule has 0 radical (unpaired) electrons. The third-order valence-electron chi connectivity index (χ3n) is 2.48. The fourth-order valence-electron chi connectivity index (χ4n) is 1.59. The van der Waals surface area contributed by atoms with E-state index >= 15 is 0 Å². The minimum absolute atomic E-state index is 0.0980. The quantitative estimate of drug-likeness (QED) is 0.856. The summed E-state index contributed by atoms with van der Waals surface area (Å²) in [4.78, 5) is 4.02. The first kappa shape index (κ1) is 10.8. The van der Waals surface area contributed by atoms with Gasteiger partial charge >= 0.3 is 0 Å². The van der Waals surface area contributed by atoms with Crippen LogP contribution in [0.1, 0.15) is 17.2 Å². The Hall–Kier alpha value is -1.74. The zero-order valence-electron chi connectivity index (χ0n) is 8.81. The molecule has 0 fully saturated rings. The Kier molecular flexibility index (Phi) is 3.27. The van der Waals surface area contributed by atoms with Crippen LogP contribution in [0.2, 0.25) is 0 Å². The van der Waals surface area contributed by atoms with Crippen LogP contribution in [0.5, 0.6) is 0 Å². The number of halogens is 1. The molecule has 2 rings (SSSR count). The summed E-state index contributed by atoms with van der Waals surface area (Å²) in [5.41, 5.74) is 8.05. The van der Waals surface area contributed by atoms with Gasteiger partial charge in [0, 0.05) is 18.4 Å². The zero-order valence-corrected chi connectivity index (χ0v) is 8.81. The Bertz CT molecular complexity index is 439. The number of hydrogen-bond donors (Lipinski definition) is 1. The van der Waals surface area contributed by atoms with Gasteiger partial charge in [0.2, 0.25) is 0 Å². The second-order valence-corrected chi connectivity index (χ2v) is 3.72. The molecule has 0 amide bonds. The molecule has 0 bridgehead atoms. The van der Waals surface area contributed by atoms with Crippen LogP contribution in [-0.4, -0.2) is 4.98 Å². The lowest BCUT2D eigenvalue weighted by molar-refractivity contribution is 0.625. The number of nitrogens with zero attached hydrogens (tertiary/aromatic N) is 1. The molecule has 16 heavy (non-hydrogen) atoms. The molecule has 0 aliphatic heterocycles. The van der Waals surface area contributed by atoms with Gasteiger partial charge in [-0.05, 0) is 35.7 Å². The van der Waals surface area contributed by atoms with E-state index in [1.807, 2.05) is 12.1 Å². The van der Waals surface area contributed by atoms with Crippen molar-refractivity contribution in [3.63, 3.8) is 0 Å². The van der Waals surface area contributed by atoms with Crippen molar-refractivity contribution in [2.24, 2.45) is 5.73 Å². The van der Waals surface area contributed by atoms with Gasteiger partial charge in [0.25, 0.3) is 0 Å². The highest BCUT2D eigenvalue weighted by atomic mass is 19.1. The third kappa shape index (κ3) is 2.64. The molecule has 0 aliphatic carbocycles. The maximum atomic E-state index is 12.7. The SMILES string of the molecule is NC(Cc1ccc(F)cc1)c1cccnc1. The van der Waals surface area contributed by atoms with Gasteiger partial charge in [0.15, 0.2) is 0 Å². The van der Waals surface area contributed by atoms with E-state index in [9.17, 15) is 4.39 Å². The van der Waals surface area contributed by atoms with E-state index in [2.05, 4.69) is 4.98 Å². The highest BCUT2D eigenvalue weighted by molar-refractivity contribution is 5.21. The average Bonchev–Trinajstić information content (AvgIpc) is 2.33. The Morgan fingerprint density at radius 2 is 1.94 bits per heavy atom. The predicted molar refractivity (Wildman–Crippen MR) is 61.3 cm³/mol. The maximum absolute atomic E-state index is 12.7. The minimum atomic E-state index is -0.223. The van der Waals surface area contributed by atoms with E-state index in [1.165, 1.54) is 12.1 Å². The van der Waals surface area contributed by atoms with Crippen LogP contribution in [0.3, 0.4) is 0 Å². The molecule has 0 saturated carbocycles. The van der Waals surface area contributed by atoms with Gasteiger partial charge in [0.05, 0.1) is 0 Å². The van der Waals surface area contributed by atoms with Gasteiger partial charge in [-0.1, -0.05) is 18.2 Å². The smallest absolute Gasteiger partial charge is 0.123 e. The molecule has 2 nitrogen and oxygen atoms in total. The molecule has 0 aliphatic rings. The summed E-state index contributed by atoms with van der Waals surface area (Å²) >= 11 is 0. The van der Waals surface area contributed by atoms with Crippen molar-refractivity contribution in [3.8, 4) is 0 Å². The van der Waals surface area contributed by atoms with Gasteiger partial charge in [0.1, 0.15) is 5.82 Å².